The number of methoxy groups -OCH3 is 1. The van der Waals surface area contributed by atoms with Crippen LogP contribution in [0.2, 0.25) is 5.02 Å². The minimum Gasteiger partial charge on any atom is -0.469 e. The average molecular weight is 422 g/mol. The molecule has 1 aliphatic rings. The maximum Gasteiger partial charge on any atom is 0.313 e. The van der Waals surface area contributed by atoms with E-state index >= 15 is 0 Å². The maximum atomic E-state index is 12.7. The van der Waals surface area contributed by atoms with Crippen molar-refractivity contribution in [1.82, 2.24) is 4.90 Å². The molecule has 0 aromatic heterocycles. The van der Waals surface area contributed by atoms with Crippen LogP contribution in [0.15, 0.2) is 54.6 Å². The Morgan fingerprint density at radius 2 is 1.82 bits per heavy atom. The van der Waals surface area contributed by atoms with E-state index in [0.29, 0.717) is 6.42 Å². The van der Waals surface area contributed by atoms with Crippen LogP contribution < -0.4 is 0 Å². The normalized spacial score (nSPS) is 19.6. The van der Waals surface area contributed by atoms with E-state index in [1.807, 2.05) is 24.3 Å². The number of carbonyl (C=O) groups is 1. The molecule has 0 radical (unpaired) electrons. The van der Waals surface area contributed by atoms with Crippen molar-refractivity contribution in [1.29, 1.82) is 0 Å². The molecule has 152 valence electrons. The third-order valence-corrected chi connectivity index (χ3v) is 5.76. The number of halogens is 2. The number of aryl methyl sites for hydroxylation is 1. The fourth-order valence-electron chi connectivity index (χ4n) is 4.16. The van der Waals surface area contributed by atoms with E-state index < -0.39 is 5.41 Å². The van der Waals surface area contributed by atoms with Crippen LogP contribution in [0.1, 0.15) is 30.4 Å². The number of esters is 1. The van der Waals surface area contributed by atoms with E-state index in [1.54, 1.807) is 0 Å². The van der Waals surface area contributed by atoms with Crippen molar-refractivity contribution in [3.63, 3.8) is 0 Å². The molecule has 2 aromatic rings. The highest BCUT2D eigenvalue weighted by atomic mass is 35.5. The van der Waals surface area contributed by atoms with Crippen LogP contribution in [0.3, 0.4) is 0 Å². The molecule has 2 aromatic carbocycles. The van der Waals surface area contributed by atoms with E-state index in [0.717, 1.165) is 55.9 Å². The largest absolute Gasteiger partial charge is 0.469 e. The van der Waals surface area contributed by atoms with Gasteiger partial charge in [-0.05, 0) is 68.5 Å². The third kappa shape index (κ3) is 5.97. The number of carbonyl (C=O) groups excluding carboxylic acids is 1. The summed E-state index contributed by atoms with van der Waals surface area (Å²) in [6.45, 7) is 2.82. The van der Waals surface area contributed by atoms with Gasteiger partial charge in [-0.2, -0.15) is 0 Å². The Bertz CT molecular complexity index is 736. The van der Waals surface area contributed by atoms with E-state index in [9.17, 15) is 4.79 Å². The molecule has 1 aliphatic heterocycles. The van der Waals surface area contributed by atoms with E-state index in [1.165, 1.54) is 12.7 Å². The zero-order valence-electron chi connectivity index (χ0n) is 16.4. The highest BCUT2D eigenvalue weighted by molar-refractivity contribution is 6.30. The summed E-state index contributed by atoms with van der Waals surface area (Å²) < 4.78 is 5.22. The minimum absolute atomic E-state index is 0. The number of rotatable bonds is 7. The molecule has 28 heavy (non-hydrogen) atoms. The van der Waals surface area contributed by atoms with Gasteiger partial charge in [-0.1, -0.05) is 54.1 Å². The van der Waals surface area contributed by atoms with Crippen molar-refractivity contribution >= 4 is 30.0 Å². The second-order valence-corrected chi connectivity index (χ2v) is 7.98. The van der Waals surface area contributed by atoms with Crippen LogP contribution in [-0.2, 0) is 22.4 Å². The summed E-state index contributed by atoms with van der Waals surface area (Å²) in [5.41, 5.74) is 2.04. The Balaban J connectivity index is 0.00000280. The number of likely N-dealkylation sites (tertiary alicyclic amines) is 1. The summed E-state index contributed by atoms with van der Waals surface area (Å²) in [6.07, 6.45) is 4.76. The maximum absolute atomic E-state index is 12.7. The highest BCUT2D eigenvalue weighted by Crippen LogP contribution is 2.35. The molecule has 1 unspecified atom stereocenters. The highest BCUT2D eigenvalue weighted by Gasteiger charge is 2.43. The Morgan fingerprint density at radius 3 is 2.50 bits per heavy atom. The van der Waals surface area contributed by atoms with Crippen molar-refractivity contribution in [2.75, 3.05) is 26.7 Å². The van der Waals surface area contributed by atoms with Gasteiger partial charge in [0.25, 0.3) is 0 Å². The lowest BCUT2D eigenvalue weighted by molar-refractivity contribution is -0.156. The van der Waals surface area contributed by atoms with Crippen LogP contribution in [0, 0.1) is 5.41 Å². The van der Waals surface area contributed by atoms with Gasteiger partial charge >= 0.3 is 5.97 Å². The number of piperidine rings is 1. The van der Waals surface area contributed by atoms with Crippen molar-refractivity contribution in [2.45, 2.75) is 32.1 Å². The molecule has 1 heterocycles. The molecule has 1 fully saturated rings. The Kier molecular flexibility index (Phi) is 8.81. The number of hydrogen-bond acceptors (Lipinski definition) is 3. The Morgan fingerprint density at radius 1 is 1.11 bits per heavy atom. The van der Waals surface area contributed by atoms with Crippen LogP contribution in [0.4, 0.5) is 0 Å². The van der Waals surface area contributed by atoms with Crippen molar-refractivity contribution < 1.29 is 9.53 Å². The lowest BCUT2D eigenvalue weighted by Gasteiger charge is -2.41. The van der Waals surface area contributed by atoms with Crippen molar-refractivity contribution in [3.05, 3.63) is 70.7 Å². The fourth-order valence-corrected chi connectivity index (χ4v) is 4.29. The zero-order chi connectivity index (χ0) is 19.1. The van der Waals surface area contributed by atoms with Crippen LogP contribution >= 0.6 is 24.0 Å². The predicted molar refractivity (Wildman–Crippen MR) is 117 cm³/mol. The van der Waals surface area contributed by atoms with Gasteiger partial charge in [0.05, 0.1) is 12.5 Å². The molecule has 0 amide bonds. The topological polar surface area (TPSA) is 29.5 Å². The first kappa shape index (κ1) is 22.7. The van der Waals surface area contributed by atoms with Gasteiger partial charge in [0.1, 0.15) is 0 Å². The average Bonchev–Trinajstić information content (AvgIpc) is 2.70. The second kappa shape index (κ2) is 10.8. The first-order valence-corrected chi connectivity index (χ1v) is 10.1. The molecule has 1 atom stereocenters. The smallest absolute Gasteiger partial charge is 0.313 e. The van der Waals surface area contributed by atoms with Crippen LogP contribution in [-0.4, -0.2) is 37.6 Å². The first-order valence-electron chi connectivity index (χ1n) is 9.70. The summed E-state index contributed by atoms with van der Waals surface area (Å²) in [5.74, 6) is -0.0924. The summed E-state index contributed by atoms with van der Waals surface area (Å²) in [7, 11) is 1.50. The predicted octanol–water partition coefficient (Wildman–Crippen LogP) is 5.19. The Hall–Kier alpha value is -1.55. The fraction of sp³-hybridized carbons (Fsp3) is 0.435. The van der Waals surface area contributed by atoms with E-state index in [-0.39, 0.29) is 18.4 Å². The molecule has 1 saturated heterocycles. The van der Waals surface area contributed by atoms with Crippen LogP contribution in [0.5, 0.6) is 0 Å². The summed E-state index contributed by atoms with van der Waals surface area (Å²) in [6, 6.07) is 18.4. The van der Waals surface area contributed by atoms with E-state index in [4.69, 9.17) is 16.3 Å². The lowest BCUT2D eigenvalue weighted by atomic mass is 9.75. The summed E-state index contributed by atoms with van der Waals surface area (Å²) >= 11 is 6.01. The summed E-state index contributed by atoms with van der Waals surface area (Å²) in [4.78, 5) is 15.2. The molecular weight excluding hydrogens is 393 g/mol. The molecule has 0 saturated carbocycles. The molecule has 0 N–H and O–H groups in total. The first-order chi connectivity index (χ1) is 13.1. The second-order valence-electron chi connectivity index (χ2n) is 7.54. The van der Waals surface area contributed by atoms with Gasteiger partial charge in [0.15, 0.2) is 0 Å². The van der Waals surface area contributed by atoms with Crippen LogP contribution in [0.25, 0.3) is 0 Å². The summed E-state index contributed by atoms with van der Waals surface area (Å²) in [5, 5.41) is 0.719. The zero-order valence-corrected chi connectivity index (χ0v) is 18.0. The number of ether oxygens (including phenoxy) is 1. The molecule has 3 rings (SSSR count). The standard InChI is InChI=1S/C23H28ClNO2.ClH/c1-27-22(26)23(17-20-10-12-21(24)13-11-20)14-6-16-25(18-23)15-5-9-19-7-3-2-4-8-19;/h2-4,7-8,10-13H,5-6,9,14-18H2,1H3;1H. The molecule has 0 spiro atoms. The van der Waals surface area contributed by atoms with Gasteiger partial charge in [-0.3, -0.25) is 4.79 Å². The molecule has 5 heteroatoms. The Labute approximate surface area is 179 Å². The van der Waals surface area contributed by atoms with E-state index in [2.05, 4.69) is 35.2 Å². The number of benzene rings is 2. The molecule has 0 bridgehead atoms. The monoisotopic (exact) mass is 421 g/mol. The SMILES string of the molecule is COC(=O)C1(Cc2ccc(Cl)cc2)CCCN(CCCc2ccccc2)C1.Cl. The molecule has 3 nitrogen and oxygen atoms in total. The number of hydrogen-bond donors (Lipinski definition) is 0. The molecule has 0 aliphatic carbocycles. The third-order valence-electron chi connectivity index (χ3n) is 5.51. The van der Waals surface area contributed by atoms with Gasteiger partial charge < -0.3 is 9.64 Å². The van der Waals surface area contributed by atoms with Gasteiger partial charge in [-0.25, -0.2) is 0 Å². The molecular formula is C23H29Cl2NO2. The lowest BCUT2D eigenvalue weighted by Crippen LogP contribution is -2.49. The van der Waals surface area contributed by atoms with Gasteiger partial charge in [0, 0.05) is 11.6 Å². The van der Waals surface area contributed by atoms with Crippen molar-refractivity contribution in [3.8, 4) is 0 Å². The minimum atomic E-state index is -0.465. The van der Waals surface area contributed by atoms with Gasteiger partial charge in [0.2, 0.25) is 0 Å². The van der Waals surface area contributed by atoms with Gasteiger partial charge in [-0.15, -0.1) is 12.4 Å². The quantitative estimate of drug-likeness (QED) is 0.575. The number of nitrogens with zero attached hydrogens (tertiary/aromatic N) is 1. The van der Waals surface area contributed by atoms with Crippen molar-refractivity contribution in [2.24, 2.45) is 5.41 Å².